The molecule has 1 aliphatic heterocycles. The van der Waals surface area contributed by atoms with E-state index in [0.29, 0.717) is 24.4 Å². The van der Waals surface area contributed by atoms with Gasteiger partial charge in [0.15, 0.2) is 12.3 Å². The lowest BCUT2D eigenvalue weighted by molar-refractivity contribution is -0.132. The number of carbonyl (C=O) groups excluding carboxylic acids is 2. The first kappa shape index (κ1) is 25.2. The normalized spacial score (nSPS) is 14.6. The number of aryl methyl sites for hydroxylation is 1. The van der Waals surface area contributed by atoms with E-state index in [1.165, 1.54) is 18.4 Å². The van der Waals surface area contributed by atoms with Crippen molar-refractivity contribution in [1.82, 2.24) is 9.88 Å². The number of hydrogen-bond acceptors (Lipinski definition) is 5. The summed E-state index contributed by atoms with van der Waals surface area (Å²) < 4.78 is 25.0. The number of anilines is 1. The van der Waals surface area contributed by atoms with Crippen molar-refractivity contribution < 1.29 is 23.1 Å². The average Bonchev–Trinajstić information content (AvgIpc) is 3.42. The van der Waals surface area contributed by atoms with Gasteiger partial charge >= 0.3 is 0 Å². The molecule has 2 heterocycles. The van der Waals surface area contributed by atoms with Crippen molar-refractivity contribution in [1.29, 1.82) is 0 Å². The summed E-state index contributed by atoms with van der Waals surface area (Å²) in [7, 11) is 0. The summed E-state index contributed by atoms with van der Waals surface area (Å²) in [6, 6.07) is 19.1. The molecule has 0 saturated heterocycles. The summed E-state index contributed by atoms with van der Waals surface area (Å²) in [5.74, 6) is 0.168. The summed E-state index contributed by atoms with van der Waals surface area (Å²) >= 11 is 0. The standard InChI is InChI=1S/C30H28FN3O4/c1-3-28(35)34-15-14-20-8-13-24(16-25(20)29(34)21-6-9-22(31)10-7-21)37-18-27-33-26(17-38-27)30(36)32-23-11-4-19(2)5-12-23/h4-13,16-17,29H,3,14-15,18H2,1-2H3,(H,32,36). The molecule has 4 aromatic rings. The molecule has 1 unspecified atom stereocenters. The van der Waals surface area contributed by atoms with Gasteiger partial charge in [0.1, 0.15) is 17.8 Å². The molecule has 2 amide bonds. The van der Waals surface area contributed by atoms with Gasteiger partial charge in [-0.15, -0.1) is 0 Å². The molecule has 0 radical (unpaired) electrons. The Morgan fingerprint density at radius 2 is 1.87 bits per heavy atom. The second-order valence-corrected chi connectivity index (χ2v) is 9.24. The highest BCUT2D eigenvalue weighted by Crippen LogP contribution is 2.37. The van der Waals surface area contributed by atoms with Gasteiger partial charge in [0, 0.05) is 18.7 Å². The molecule has 3 aromatic carbocycles. The van der Waals surface area contributed by atoms with Crippen LogP contribution in [-0.2, 0) is 17.8 Å². The van der Waals surface area contributed by atoms with E-state index in [4.69, 9.17) is 9.15 Å². The number of fused-ring (bicyclic) bond motifs is 1. The number of oxazole rings is 1. The maximum Gasteiger partial charge on any atom is 0.277 e. The Labute approximate surface area is 220 Å². The number of nitrogens with one attached hydrogen (secondary N) is 1. The smallest absolute Gasteiger partial charge is 0.277 e. The Morgan fingerprint density at radius 1 is 1.11 bits per heavy atom. The molecular weight excluding hydrogens is 485 g/mol. The molecule has 7 nitrogen and oxygen atoms in total. The van der Waals surface area contributed by atoms with Crippen LogP contribution in [0.1, 0.15) is 58.0 Å². The molecule has 5 rings (SSSR count). The first-order valence-electron chi connectivity index (χ1n) is 12.5. The molecule has 194 valence electrons. The van der Waals surface area contributed by atoms with Crippen LogP contribution in [0.2, 0.25) is 0 Å². The van der Waals surface area contributed by atoms with Crippen molar-refractivity contribution in [2.75, 3.05) is 11.9 Å². The zero-order chi connectivity index (χ0) is 26.6. The minimum absolute atomic E-state index is 0.0232. The topological polar surface area (TPSA) is 84.7 Å². The van der Waals surface area contributed by atoms with Gasteiger partial charge in [0.25, 0.3) is 5.91 Å². The molecule has 38 heavy (non-hydrogen) atoms. The fourth-order valence-electron chi connectivity index (χ4n) is 4.62. The van der Waals surface area contributed by atoms with Gasteiger partial charge in [-0.2, -0.15) is 0 Å². The quantitative estimate of drug-likeness (QED) is 0.336. The van der Waals surface area contributed by atoms with Gasteiger partial charge in [-0.3, -0.25) is 9.59 Å². The van der Waals surface area contributed by atoms with Crippen LogP contribution in [0.15, 0.2) is 77.4 Å². The van der Waals surface area contributed by atoms with E-state index in [1.54, 1.807) is 12.1 Å². The summed E-state index contributed by atoms with van der Waals surface area (Å²) in [5, 5.41) is 2.79. The van der Waals surface area contributed by atoms with Crippen LogP contribution in [-0.4, -0.2) is 28.2 Å². The Balaban J connectivity index is 1.32. The van der Waals surface area contributed by atoms with Crippen LogP contribution in [0.3, 0.4) is 0 Å². The number of carbonyl (C=O) groups is 2. The molecule has 0 bridgehead atoms. The Morgan fingerprint density at radius 3 is 2.61 bits per heavy atom. The SMILES string of the molecule is CCC(=O)N1CCc2ccc(OCc3nc(C(=O)Nc4ccc(C)cc4)co3)cc2C1c1ccc(F)cc1. The van der Waals surface area contributed by atoms with E-state index in [9.17, 15) is 14.0 Å². The summed E-state index contributed by atoms with van der Waals surface area (Å²) in [6.45, 7) is 4.42. The third kappa shape index (κ3) is 5.44. The zero-order valence-corrected chi connectivity index (χ0v) is 21.2. The van der Waals surface area contributed by atoms with Crippen LogP contribution in [0.25, 0.3) is 0 Å². The largest absolute Gasteiger partial charge is 0.484 e. The van der Waals surface area contributed by atoms with Crippen molar-refractivity contribution in [3.63, 3.8) is 0 Å². The van der Waals surface area contributed by atoms with E-state index in [0.717, 1.165) is 28.7 Å². The number of halogens is 1. The van der Waals surface area contributed by atoms with Gasteiger partial charge < -0.3 is 19.4 Å². The Hall–Kier alpha value is -4.46. The molecule has 1 N–H and O–H groups in total. The number of hydrogen-bond donors (Lipinski definition) is 1. The van der Waals surface area contributed by atoms with Crippen LogP contribution in [0, 0.1) is 12.7 Å². The number of amides is 2. The second kappa shape index (κ2) is 10.9. The molecule has 8 heteroatoms. The lowest BCUT2D eigenvalue weighted by Crippen LogP contribution is -2.40. The fraction of sp³-hybridized carbons (Fsp3) is 0.233. The van der Waals surface area contributed by atoms with Crippen LogP contribution in [0.4, 0.5) is 10.1 Å². The molecule has 1 aromatic heterocycles. The van der Waals surface area contributed by atoms with E-state index >= 15 is 0 Å². The lowest BCUT2D eigenvalue weighted by Gasteiger charge is -2.38. The Kier molecular flexibility index (Phi) is 7.22. The minimum Gasteiger partial charge on any atom is -0.484 e. The average molecular weight is 514 g/mol. The van der Waals surface area contributed by atoms with Crippen molar-refractivity contribution in [2.45, 2.75) is 39.3 Å². The molecule has 0 spiro atoms. The third-order valence-electron chi connectivity index (χ3n) is 6.61. The monoisotopic (exact) mass is 513 g/mol. The second-order valence-electron chi connectivity index (χ2n) is 9.24. The third-order valence-corrected chi connectivity index (χ3v) is 6.61. The molecular formula is C30H28FN3O4. The first-order chi connectivity index (χ1) is 18.4. The van der Waals surface area contributed by atoms with Crippen molar-refractivity contribution in [2.24, 2.45) is 0 Å². The molecule has 0 saturated carbocycles. The minimum atomic E-state index is -0.375. The molecule has 0 fully saturated rings. The van der Waals surface area contributed by atoms with Gasteiger partial charge in [-0.25, -0.2) is 9.37 Å². The predicted molar refractivity (Wildman–Crippen MR) is 140 cm³/mol. The molecule has 1 aliphatic rings. The summed E-state index contributed by atoms with van der Waals surface area (Å²) in [6.07, 6.45) is 2.40. The number of nitrogens with zero attached hydrogens (tertiary/aromatic N) is 2. The van der Waals surface area contributed by atoms with E-state index in [1.807, 2.05) is 61.2 Å². The number of benzene rings is 3. The van der Waals surface area contributed by atoms with E-state index in [2.05, 4.69) is 10.3 Å². The summed E-state index contributed by atoms with van der Waals surface area (Å²) in [5.41, 5.74) is 4.80. The highest BCUT2D eigenvalue weighted by Gasteiger charge is 2.31. The predicted octanol–water partition coefficient (Wildman–Crippen LogP) is 5.84. The van der Waals surface area contributed by atoms with Crippen LogP contribution in [0.5, 0.6) is 5.75 Å². The van der Waals surface area contributed by atoms with Gasteiger partial charge in [0.2, 0.25) is 11.8 Å². The van der Waals surface area contributed by atoms with Gasteiger partial charge in [0.05, 0.1) is 6.04 Å². The van der Waals surface area contributed by atoms with Crippen LogP contribution >= 0.6 is 0 Å². The van der Waals surface area contributed by atoms with Gasteiger partial charge in [-0.1, -0.05) is 42.8 Å². The number of rotatable bonds is 7. The van der Waals surface area contributed by atoms with Crippen molar-refractivity contribution in [3.05, 3.63) is 113 Å². The summed E-state index contributed by atoms with van der Waals surface area (Å²) in [4.78, 5) is 31.4. The zero-order valence-electron chi connectivity index (χ0n) is 21.2. The first-order valence-corrected chi connectivity index (χ1v) is 12.5. The fourth-order valence-corrected chi connectivity index (χ4v) is 4.62. The molecule has 0 aliphatic carbocycles. The number of aromatic nitrogens is 1. The van der Waals surface area contributed by atoms with Crippen LogP contribution < -0.4 is 10.1 Å². The highest BCUT2D eigenvalue weighted by molar-refractivity contribution is 6.02. The molecule has 1 atom stereocenters. The van der Waals surface area contributed by atoms with Crippen molar-refractivity contribution >= 4 is 17.5 Å². The highest BCUT2D eigenvalue weighted by atomic mass is 19.1. The van der Waals surface area contributed by atoms with Crippen molar-refractivity contribution in [3.8, 4) is 5.75 Å². The Bertz CT molecular complexity index is 1450. The maximum absolute atomic E-state index is 13.6. The number of ether oxygens (including phenoxy) is 1. The maximum atomic E-state index is 13.6. The van der Waals surface area contributed by atoms with E-state index < -0.39 is 0 Å². The van der Waals surface area contributed by atoms with Gasteiger partial charge in [-0.05, 0) is 66.4 Å². The van der Waals surface area contributed by atoms with E-state index in [-0.39, 0.29) is 41.9 Å². The lowest BCUT2D eigenvalue weighted by atomic mass is 9.87.